The van der Waals surface area contributed by atoms with Crippen molar-refractivity contribution in [1.29, 1.82) is 0 Å². The maximum Gasteiger partial charge on any atom is -0.00223 e. The second-order valence-corrected chi connectivity index (χ2v) is 6.83. The number of nitrogens with zero attached hydrogens (tertiary/aromatic N) is 1. The summed E-state index contributed by atoms with van der Waals surface area (Å²) in [7, 11) is 6.38. The normalized spacial score (nSPS) is 16.6. The van der Waals surface area contributed by atoms with Gasteiger partial charge in [0.15, 0.2) is 0 Å². The first-order chi connectivity index (χ1) is 8.97. The molecule has 3 atom stereocenters. The van der Waals surface area contributed by atoms with Gasteiger partial charge in [0.05, 0.1) is 0 Å². The predicted molar refractivity (Wildman–Crippen MR) is 87.7 cm³/mol. The van der Waals surface area contributed by atoms with Crippen molar-refractivity contribution in [2.75, 3.05) is 34.2 Å². The molecule has 0 amide bonds. The monoisotopic (exact) mass is 270 g/mol. The Bertz CT molecular complexity index is 192. The van der Waals surface area contributed by atoms with Crippen LogP contribution in [-0.4, -0.2) is 39.1 Å². The topological polar surface area (TPSA) is 15.3 Å². The molecule has 0 bridgehead atoms. The van der Waals surface area contributed by atoms with Gasteiger partial charge in [-0.2, -0.15) is 0 Å². The van der Waals surface area contributed by atoms with Gasteiger partial charge < -0.3 is 10.2 Å². The van der Waals surface area contributed by atoms with Crippen molar-refractivity contribution in [3.63, 3.8) is 0 Å². The van der Waals surface area contributed by atoms with E-state index in [1.54, 1.807) is 0 Å². The highest BCUT2D eigenvalue weighted by Gasteiger charge is 2.13. The maximum absolute atomic E-state index is 3.23. The van der Waals surface area contributed by atoms with Crippen molar-refractivity contribution in [1.82, 2.24) is 10.2 Å². The molecule has 116 valence electrons. The van der Waals surface area contributed by atoms with Crippen LogP contribution in [0.2, 0.25) is 0 Å². The Labute approximate surface area is 122 Å². The number of unbranched alkanes of at least 4 members (excludes halogenated alkanes) is 1. The zero-order valence-electron chi connectivity index (χ0n) is 14.3. The first kappa shape index (κ1) is 18.9. The third-order valence-corrected chi connectivity index (χ3v) is 4.49. The first-order valence-electron chi connectivity index (χ1n) is 8.26. The van der Waals surface area contributed by atoms with Crippen LogP contribution in [0.5, 0.6) is 0 Å². The van der Waals surface area contributed by atoms with Gasteiger partial charge in [-0.05, 0) is 64.8 Å². The summed E-state index contributed by atoms with van der Waals surface area (Å²) < 4.78 is 0. The fourth-order valence-corrected chi connectivity index (χ4v) is 2.51. The molecule has 0 saturated heterocycles. The molecule has 2 nitrogen and oxygen atoms in total. The summed E-state index contributed by atoms with van der Waals surface area (Å²) in [5, 5.41) is 3.23. The van der Waals surface area contributed by atoms with E-state index in [1.165, 1.54) is 51.6 Å². The Morgan fingerprint density at radius 1 is 0.842 bits per heavy atom. The smallest absolute Gasteiger partial charge is 0.00223 e. The Morgan fingerprint density at radius 3 is 2.05 bits per heavy atom. The molecule has 2 heteroatoms. The maximum atomic E-state index is 3.23. The molecule has 0 fully saturated rings. The molecule has 0 spiro atoms. The second kappa shape index (κ2) is 11.7. The zero-order chi connectivity index (χ0) is 14.7. The van der Waals surface area contributed by atoms with E-state index in [2.05, 4.69) is 45.1 Å². The second-order valence-electron chi connectivity index (χ2n) is 6.83. The van der Waals surface area contributed by atoms with Gasteiger partial charge in [0, 0.05) is 0 Å². The molecular formula is C17H38N2. The standard InChI is InChI=1S/C17H38N2/c1-15(12-14-19(5)6)10-11-17(3)16(2)9-7-8-13-18-4/h15-18H,7-14H2,1-6H3. The molecule has 0 saturated carbocycles. The molecule has 3 unspecified atom stereocenters. The van der Waals surface area contributed by atoms with E-state index in [-0.39, 0.29) is 0 Å². The fourth-order valence-electron chi connectivity index (χ4n) is 2.51. The summed E-state index contributed by atoms with van der Waals surface area (Å²) in [6, 6.07) is 0. The zero-order valence-corrected chi connectivity index (χ0v) is 14.3. The minimum absolute atomic E-state index is 0.876. The van der Waals surface area contributed by atoms with E-state index in [0.29, 0.717) is 0 Å². The molecule has 0 aromatic rings. The van der Waals surface area contributed by atoms with Crippen molar-refractivity contribution in [3.05, 3.63) is 0 Å². The Hall–Kier alpha value is -0.0800. The van der Waals surface area contributed by atoms with Gasteiger partial charge in [0.1, 0.15) is 0 Å². The Kier molecular flexibility index (Phi) is 11.7. The van der Waals surface area contributed by atoms with E-state index in [4.69, 9.17) is 0 Å². The summed E-state index contributed by atoms with van der Waals surface area (Å²) in [6.45, 7) is 9.70. The van der Waals surface area contributed by atoms with Crippen molar-refractivity contribution >= 4 is 0 Å². The molecule has 0 heterocycles. The molecule has 0 aliphatic rings. The molecular weight excluding hydrogens is 232 g/mol. The third kappa shape index (κ3) is 11.4. The largest absolute Gasteiger partial charge is 0.320 e. The molecule has 1 N–H and O–H groups in total. The van der Waals surface area contributed by atoms with Crippen LogP contribution >= 0.6 is 0 Å². The molecule has 0 aromatic carbocycles. The minimum atomic E-state index is 0.876. The quantitative estimate of drug-likeness (QED) is 0.539. The molecule has 0 aliphatic carbocycles. The van der Waals surface area contributed by atoms with Crippen LogP contribution in [0.1, 0.15) is 59.3 Å². The van der Waals surface area contributed by atoms with Crippen molar-refractivity contribution in [2.45, 2.75) is 59.3 Å². The number of hydrogen-bond acceptors (Lipinski definition) is 2. The van der Waals surface area contributed by atoms with Gasteiger partial charge in [-0.15, -0.1) is 0 Å². The van der Waals surface area contributed by atoms with E-state index < -0.39 is 0 Å². The number of nitrogens with one attached hydrogen (secondary N) is 1. The van der Waals surface area contributed by atoms with E-state index >= 15 is 0 Å². The molecule has 0 radical (unpaired) electrons. The van der Waals surface area contributed by atoms with Gasteiger partial charge in [-0.3, -0.25) is 0 Å². The summed E-state index contributed by atoms with van der Waals surface area (Å²) in [6.07, 6.45) is 8.25. The summed E-state index contributed by atoms with van der Waals surface area (Å²) in [5.74, 6) is 2.65. The van der Waals surface area contributed by atoms with Crippen molar-refractivity contribution < 1.29 is 0 Å². The molecule has 0 aromatic heterocycles. The van der Waals surface area contributed by atoms with Gasteiger partial charge in [0.25, 0.3) is 0 Å². The van der Waals surface area contributed by atoms with Gasteiger partial charge >= 0.3 is 0 Å². The van der Waals surface area contributed by atoms with Crippen LogP contribution in [0.4, 0.5) is 0 Å². The lowest BCUT2D eigenvalue weighted by Gasteiger charge is -2.22. The van der Waals surface area contributed by atoms with Crippen LogP contribution in [0.25, 0.3) is 0 Å². The average Bonchev–Trinajstić information content (AvgIpc) is 2.38. The van der Waals surface area contributed by atoms with Gasteiger partial charge in [-0.1, -0.05) is 46.5 Å². The minimum Gasteiger partial charge on any atom is -0.320 e. The van der Waals surface area contributed by atoms with E-state index in [0.717, 1.165) is 17.8 Å². The predicted octanol–water partition coefficient (Wildman–Crippen LogP) is 4.02. The Morgan fingerprint density at radius 2 is 1.47 bits per heavy atom. The van der Waals surface area contributed by atoms with Gasteiger partial charge in [0.2, 0.25) is 0 Å². The SMILES string of the molecule is CNCCCCC(C)C(C)CCC(C)CCN(C)C. The fraction of sp³-hybridized carbons (Fsp3) is 1.00. The van der Waals surface area contributed by atoms with Crippen LogP contribution in [0.15, 0.2) is 0 Å². The highest BCUT2D eigenvalue weighted by atomic mass is 15.0. The van der Waals surface area contributed by atoms with Crippen LogP contribution < -0.4 is 5.32 Å². The van der Waals surface area contributed by atoms with Crippen LogP contribution in [0.3, 0.4) is 0 Å². The average molecular weight is 271 g/mol. The van der Waals surface area contributed by atoms with Crippen LogP contribution in [0, 0.1) is 17.8 Å². The Balaban J connectivity index is 3.62. The lowest BCUT2D eigenvalue weighted by atomic mass is 9.85. The van der Waals surface area contributed by atoms with E-state index in [9.17, 15) is 0 Å². The highest BCUT2D eigenvalue weighted by molar-refractivity contribution is 4.65. The molecule has 0 rings (SSSR count). The van der Waals surface area contributed by atoms with Crippen molar-refractivity contribution in [2.24, 2.45) is 17.8 Å². The van der Waals surface area contributed by atoms with E-state index in [1.807, 2.05) is 7.05 Å². The third-order valence-electron chi connectivity index (χ3n) is 4.49. The first-order valence-corrected chi connectivity index (χ1v) is 8.26. The highest BCUT2D eigenvalue weighted by Crippen LogP contribution is 2.24. The van der Waals surface area contributed by atoms with Gasteiger partial charge in [-0.25, -0.2) is 0 Å². The molecule has 19 heavy (non-hydrogen) atoms. The summed E-state index contributed by atoms with van der Waals surface area (Å²) in [5.41, 5.74) is 0. The van der Waals surface area contributed by atoms with Crippen LogP contribution in [-0.2, 0) is 0 Å². The number of hydrogen-bond donors (Lipinski definition) is 1. The molecule has 0 aliphatic heterocycles. The lowest BCUT2D eigenvalue weighted by molar-refractivity contribution is 0.291. The lowest BCUT2D eigenvalue weighted by Crippen LogP contribution is -2.16. The van der Waals surface area contributed by atoms with Crippen molar-refractivity contribution in [3.8, 4) is 0 Å². The summed E-state index contributed by atoms with van der Waals surface area (Å²) in [4.78, 5) is 2.30. The summed E-state index contributed by atoms with van der Waals surface area (Å²) >= 11 is 0. The number of rotatable bonds is 12.